The molecule has 1 atom stereocenters. The summed E-state index contributed by atoms with van der Waals surface area (Å²) in [5.74, 6) is 1.57. The van der Waals surface area contributed by atoms with Gasteiger partial charge < -0.3 is 14.6 Å². The van der Waals surface area contributed by atoms with Crippen LogP contribution < -0.4 is 5.32 Å². The minimum absolute atomic E-state index is 0.392. The molecule has 1 unspecified atom stereocenters. The second-order valence-electron chi connectivity index (χ2n) is 5.73. The van der Waals surface area contributed by atoms with Gasteiger partial charge in [0.15, 0.2) is 0 Å². The van der Waals surface area contributed by atoms with Gasteiger partial charge in [-0.2, -0.15) is 0 Å². The molecule has 0 fully saturated rings. The summed E-state index contributed by atoms with van der Waals surface area (Å²) < 4.78 is 5.41. The lowest BCUT2D eigenvalue weighted by atomic mass is 10.0. The van der Waals surface area contributed by atoms with Crippen molar-refractivity contribution in [1.82, 2.24) is 9.88 Å². The van der Waals surface area contributed by atoms with E-state index in [0.29, 0.717) is 12.0 Å². The van der Waals surface area contributed by atoms with Crippen molar-refractivity contribution in [2.75, 3.05) is 26.0 Å². The normalized spacial score (nSPS) is 13.4. The molecular formula is C15H23N3O. The second kappa shape index (κ2) is 6.06. The van der Waals surface area contributed by atoms with Crippen LogP contribution in [0.25, 0.3) is 11.0 Å². The predicted molar refractivity (Wildman–Crippen MR) is 79.4 cm³/mol. The highest BCUT2D eigenvalue weighted by molar-refractivity contribution is 5.87. The van der Waals surface area contributed by atoms with Gasteiger partial charge in [-0.25, -0.2) is 4.98 Å². The summed E-state index contributed by atoms with van der Waals surface area (Å²) in [7, 11) is 4.20. The topological polar surface area (TPSA) is 41.3 Å². The summed E-state index contributed by atoms with van der Waals surface area (Å²) >= 11 is 0. The number of hydrogen-bond acceptors (Lipinski definition) is 4. The predicted octanol–water partition coefficient (Wildman–Crippen LogP) is 3.22. The molecule has 0 bridgehead atoms. The van der Waals surface area contributed by atoms with Gasteiger partial charge in [0.25, 0.3) is 0 Å². The van der Waals surface area contributed by atoms with E-state index in [0.717, 1.165) is 29.8 Å². The minimum Gasteiger partial charge on any atom is -0.464 e. The zero-order valence-electron chi connectivity index (χ0n) is 12.2. The van der Waals surface area contributed by atoms with E-state index in [1.165, 1.54) is 0 Å². The van der Waals surface area contributed by atoms with Gasteiger partial charge in [0.05, 0.1) is 11.6 Å². The third kappa shape index (κ3) is 3.70. The standard InChI is InChI=1S/C15H23N3O/c1-11(2)9-12(10-18(3)4)17-15-13-6-8-19-14(13)5-7-16-15/h5-8,11-12H,9-10H2,1-4H3,(H,16,17). The van der Waals surface area contributed by atoms with Gasteiger partial charge in [0, 0.05) is 18.8 Å². The molecule has 0 saturated heterocycles. The Kier molecular flexibility index (Phi) is 4.43. The molecule has 2 aromatic heterocycles. The number of anilines is 1. The van der Waals surface area contributed by atoms with E-state index in [1.54, 1.807) is 12.5 Å². The first-order valence-electron chi connectivity index (χ1n) is 6.79. The monoisotopic (exact) mass is 261 g/mol. The summed E-state index contributed by atoms with van der Waals surface area (Å²) in [6.07, 6.45) is 4.62. The van der Waals surface area contributed by atoms with Crippen LogP contribution in [0.2, 0.25) is 0 Å². The summed E-state index contributed by atoms with van der Waals surface area (Å²) in [6.45, 7) is 5.49. The molecule has 104 valence electrons. The number of fused-ring (bicyclic) bond motifs is 1. The van der Waals surface area contributed by atoms with Crippen LogP contribution in [0, 0.1) is 5.92 Å². The van der Waals surface area contributed by atoms with Crippen LogP contribution in [0.3, 0.4) is 0 Å². The van der Waals surface area contributed by atoms with E-state index in [1.807, 2.05) is 12.1 Å². The van der Waals surface area contributed by atoms with Crippen molar-refractivity contribution in [3.05, 3.63) is 24.6 Å². The van der Waals surface area contributed by atoms with Crippen molar-refractivity contribution >= 4 is 16.8 Å². The van der Waals surface area contributed by atoms with E-state index in [-0.39, 0.29) is 0 Å². The van der Waals surface area contributed by atoms with Crippen molar-refractivity contribution in [3.63, 3.8) is 0 Å². The molecule has 0 spiro atoms. The zero-order valence-corrected chi connectivity index (χ0v) is 12.2. The van der Waals surface area contributed by atoms with E-state index in [9.17, 15) is 0 Å². The van der Waals surface area contributed by atoms with Crippen molar-refractivity contribution in [1.29, 1.82) is 0 Å². The van der Waals surface area contributed by atoms with Crippen molar-refractivity contribution in [3.8, 4) is 0 Å². The van der Waals surface area contributed by atoms with Gasteiger partial charge >= 0.3 is 0 Å². The van der Waals surface area contributed by atoms with E-state index in [4.69, 9.17) is 4.42 Å². The van der Waals surface area contributed by atoms with E-state index in [2.05, 4.69) is 43.1 Å². The maximum Gasteiger partial charge on any atom is 0.139 e. The third-order valence-corrected chi connectivity index (χ3v) is 3.06. The lowest BCUT2D eigenvalue weighted by Gasteiger charge is -2.24. The summed E-state index contributed by atoms with van der Waals surface area (Å²) in [5, 5.41) is 4.61. The average Bonchev–Trinajstić information content (AvgIpc) is 2.76. The Morgan fingerprint density at radius 3 is 2.79 bits per heavy atom. The van der Waals surface area contributed by atoms with Crippen LogP contribution in [-0.4, -0.2) is 36.6 Å². The van der Waals surface area contributed by atoms with Gasteiger partial charge in [0.1, 0.15) is 11.4 Å². The zero-order chi connectivity index (χ0) is 13.8. The molecule has 4 nitrogen and oxygen atoms in total. The van der Waals surface area contributed by atoms with Crippen molar-refractivity contribution in [2.45, 2.75) is 26.3 Å². The fourth-order valence-corrected chi connectivity index (χ4v) is 2.39. The molecule has 1 N–H and O–H groups in total. The Hall–Kier alpha value is -1.55. The Labute approximate surface area is 114 Å². The van der Waals surface area contributed by atoms with E-state index >= 15 is 0 Å². The average molecular weight is 261 g/mol. The maximum atomic E-state index is 5.41. The number of likely N-dealkylation sites (N-methyl/N-ethyl adjacent to an activating group) is 1. The highest BCUT2D eigenvalue weighted by Crippen LogP contribution is 2.23. The molecule has 4 heteroatoms. The molecule has 2 heterocycles. The minimum atomic E-state index is 0.392. The smallest absolute Gasteiger partial charge is 0.139 e. The summed E-state index contributed by atoms with van der Waals surface area (Å²) in [5.41, 5.74) is 0.880. The first-order valence-corrected chi connectivity index (χ1v) is 6.79. The fourth-order valence-electron chi connectivity index (χ4n) is 2.39. The Morgan fingerprint density at radius 2 is 2.11 bits per heavy atom. The SMILES string of the molecule is CC(C)CC(CN(C)C)Nc1nccc2occc12. The largest absolute Gasteiger partial charge is 0.464 e. The Morgan fingerprint density at radius 1 is 1.32 bits per heavy atom. The van der Waals surface area contributed by atoms with Gasteiger partial charge in [-0.3, -0.25) is 0 Å². The number of hydrogen-bond donors (Lipinski definition) is 1. The lowest BCUT2D eigenvalue weighted by Crippen LogP contribution is -2.33. The number of aromatic nitrogens is 1. The second-order valence-corrected chi connectivity index (χ2v) is 5.73. The first kappa shape index (κ1) is 13.9. The highest BCUT2D eigenvalue weighted by atomic mass is 16.3. The molecule has 0 radical (unpaired) electrons. The van der Waals surface area contributed by atoms with Crippen LogP contribution in [0.4, 0.5) is 5.82 Å². The Bertz CT molecular complexity index is 509. The number of nitrogens with zero attached hydrogens (tertiary/aromatic N) is 2. The maximum absolute atomic E-state index is 5.41. The van der Waals surface area contributed by atoms with Gasteiger partial charge in [0.2, 0.25) is 0 Å². The summed E-state index contributed by atoms with van der Waals surface area (Å²) in [6, 6.07) is 4.25. The molecule has 2 aromatic rings. The van der Waals surface area contributed by atoms with Crippen LogP contribution >= 0.6 is 0 Å². The van der Waals surface area contributed by atoms with Crippen molar-refractivity contribution in [2.24, 2.45) is 5.92 Å². The van der Waals surface area contributed by atoms with Gasteiger partial charge in [-0.1, -0.05) is 13.8 Å². The third-order valence-electron chi connectivity index (χ3n) is 3.06. The fraction of sp³-hybridized carbons (Fsp3) is 0.533. The quantitative estimate of drug-likeness (QED) is 0.867. The number of pyridine rings is 1. The molecule has 0 saturated carbocycles. The Balaban J connectivity index is 2.17. The van der Waals surface area contributed by atoms with Crippen LogP contribution in [0.15, 0.2) is 29.0 Å². The van der Waals surface area contributed by atoms with E-state index < -0.39 is 0 Å². The molecule has 0 aliphatic rings. The van der Waals surface area contributed by atoms with Crippen LogP contribution in [0.5, 0.6) is 0 Å². The molecule has 0 aliphatic carbocycles. The molecular weight excluding hydrogens is 238 g/mol. The molecule has 0 amide bonds. The summed E-state index contributed by atoms with van der Waals surface area (Å²) in [4.78, 5) is 6.65. The lowest BCUT2D eigenvalue weighted by molar-refractivity contribution is 0.356. The molecule has 0 aliphatic heterocycles. The number of rotatable bonds is 6. The number of furan rings is 1. The van der Waals surface area contributed by atoms with Crippen molar-refractivity contribution < 1.29 is 4.42 Å². The molecule has 0 aromatic carbocycles. The molecule has 2 rings (SSSR count). The van der Waals surface area contributed by atoms with Crippen LogP contribution in [0.1, 0.15) is 20.3 Å². The van der Waals surface area contributed by atoms with Gasteiger partial charge in [-0.05, 0) is 38.6 Å². The highest BCUT2D eigenvalue weighted by Gasteiger charge is 2.14. The van der Waals surface area contributed by atoms with Gasteiger partial charge in [-0.15, -0.1) is 0 Å². The number of nitrogens with one attached hydrogen (secondary N) is 1. The molecule has 19 heavy (non-hydrogen) atoms. The first-order chi connectivity index (χ1) is 9.06. The van der Waals surface area contributed by atoms with Crippen LogP contribution in [-0.2, 0) is 0 Å².